The summed E-state index contributed by atoms with van der Waals surface area (Å²) in [6.45, 7) is 4.61. The highest BCUT2D eigenvalue weighted by Gasteiger charge is 2.45. The second kappa shape index (κ2) is 8.46. The number of hydrogen-bond acceptors (Lipinski definition) is 7. The predicted octanol–water partition coefficient (Wildman–Crippen LogP) is 3.14. The molecule has 0 unspecified atom stereocenters. The fourth-order valence-electron chi connectivity index (χ4n) is 3.81. The van der Waals surface area contributed by atoms with Crippen molar-refractivity contribution in [2.24, 2.45) is 0 Å². The minimum Gasteiger partial charge on any atom is -0.440 e. The Morgan fingerprint density at radius 2 is 2.03 bits per heavy atom. The molecule has 0 saturated carbocycles. The summed E-state index contributed by atoms with van der Waals surface area (Å²) in [6, 6.07) is 11.1. The molecule has 1 aliphatic rings. The number of nitrogens with zero attached hydrogens (tertiary/aromatic N) is 4. The van der Waals surface area contributed by atoms with Crippen molar-refractivity contribution in [1.82, 2.24) is 25.2 Å². The van der Waals surface area contributed by atoms with Gasteiger partial charge in [-0.05, 0) is 33.5 Å². The van der Waals surface area contributed by atoms with E-state index in [1.807, 2.05) is 63.2 Å². The molecule has 1 aliphatic heterocycles. The second-order valence-electron chi connectivity index (χ2n) is 8.45. The van der Waals surface area contributed by atoms with Crippen molar-refractivity contribution in [2.45, 2.75) is 32.0 Å². The monoisotopic (exact) mass is 438 g/mol. The maximum absolute atomic E-state index is 13.3. The van der Waals surface area contributed by atoms with E-state index in [1.54, 1.807) is 4.90 Å². The topological polar surface area (TPSA) is 117 Å². The van der Waals surface area contributed by atoms with E-state index in [9.17, 15) is 9.59 Å². The maximum atomic E-state index is 13.3. The Labute approximate surface area is 185 Å². The minimum absolute atomic E-state index is 0.0738. The predicted molar refractivity (Wildman–Crippen MR) is 116 cm³/mol. The van der Waals surface area contributed by atoms with Crippen LogP contribution in [0.4, 0.5) is 10.6 Å². The fourth-order valence-corrected chi connectivity index (χ4v) is 3.81. The van der Waals surface area contributed by atoms with Gasteiger partial charge < -0.3 is 19.5 Å². The zero-order valence-electron chi connectivity index (χ0n) is 18.5. The van der Waals surface area contributed by atoms with E-state index < -0.39 is 23.6 Å². The van der Waals surface area contributed by atoms with Gasteiger partial charge >= 0.3 is 6.09 Å². The van der Waals surface area contributed by atoms with E-state index in [-0.39, 0.29) is 12.3 Å². The number of amides is 2. The molecule has 3 aromatic rings. The molecule has 1 atom stereocenters. The average molecular weight is 438 g/mol. The molecular formula is C22H26N6O4. The van der Waals surface area contributed by atoms with Crippen molar-refractivity contribution in [3.05, 3.63) is 65.2 Å². The van der Waals surface area contributed by atoms with Crippen LogP contribution in [0.5, 0.6) is 0 Å². The number of benzene rings is 1. The molecule has 0 spiro atoms. The zero-order chi connectivity index (χ0) is 22.9. The van der Waals surface area contributed by atoms with E-state index in [4.69, 9.17) is 9.26 Å². The lowest BCUT2D eigenvalue weighted by Gasteiger charge is -2.33. The van der Waals surface area contributed by atoms with Gasteiger partial charge in [0.15, 0.2) is 5.82 Å². The molecule has 0 saturated heterocycles. The van der Waals surface area contributed by atoms with E-state index in [1.165, 1.54) is 12.3 Å². The molecule has 2 N–H and O–H groups in total. The number of carbonyl (C=O) groups excluding carboxylic acids is 2. The van der Waals surface area contributed by atoms with E-state index in [2.05, 4.69) is 20.7 Å². The van der Waals surface area contributed by atoms with Gasteiger partial charge in [-0.2, -0.15) is 5.10 Å². The van der Waals surface area contributed by atoms with Gasteiger partial charge in [0, 0.05) is 18.2 Å². The number of likely N-dealkylation sites (N-methyl/N-ethyl adjacent to an activating group) is 1. The number of carbonyl (C=O) groups is 2. The molecule has 3 heterocycles. The standard InChI is InChI=1S/C22H26N6O4/c1-22(2)18-15(19(26-25-18)24-20(29)16-10-11-23-32-16)12-28(22)21(30)31-17(13-27(3)4)14-8-6-5-7-9-14/h5-11,17H,12-13H2,1-4H3,(H2,24,25,26,29)/t17-/m1/s1. The van der Waals surface area contributed by atoms with Crippen molar-refractivity contribution in [2.75, 3.05) is 26.0 Å². The first-order valence-electron chi connectivity index (χ1n) is 10.2. The molecular weight excluding hydrogens is 412 g/mol. The summed E-state index contributed by atoms with van der Waals surface area (Å²) >= 11 is 0. The van der Waals surface area contributed by atoms with E-state index in [0.717, 1.165) is 16.8 Å². The maximum Gasteiger partial charge on any atom is 0.411 e. The number of H-pyrrole nitrogens is 1. The smallest absolute Gasteiger partial charge is 0.411 e. The third-order valence-corrected chi connectivity index (χ3v) is 5.53. The number of anilines is 1. The molecule has 0 radical (unpaired) electrons. The number of aromatic amines is 1. The van der Waals surface area contributed by atoms with Crippen molar-refractivity contribution in [3.8, 4) is 0 Å². The van der Waals surface area contributed by atoms with Crippen LogP contribution < -0.4 is 5.32 Å². The third-order valence-electron chi connectivity index (χ3n) is 5.53. The average Bonchev–Trinajstić information content (AvgIpc) is 3.47. The first-order valence-corrected chi connectivity index (χ1v) is 10.2. The van der Waals surface area contributed by atoms with Gasteiger partial charge in [-0.3, -0.25) is 14.8 Å². The molecule has 0 fully saturated rings. The Kier molecular flexibility index (Phi) is 5.70. The fraction of sp³-hybridized carbons (Fsp3) is 0.364. The quantitative estimate of drug-likeness (QED) is 0.607. The molecule has 10 heteroatoms. The van der Waals surface area contributed by atoms with Crippen LogP contribution in [-0.4, -0.2) is 57.8 Å². The van der Waals surface area contributed by atoms with Gasteiger partial charge in [0.2, 0.25) is 5.76 Å². The summed E-state index contributed by atoms with van der Waals surface area (Å²) in [4.78, 5) is 29.2. The highest BCUT2D eigenvalue weighted by atomic mass is 16.6. The Morgan fingerprint density at radius 1 is 1.28 bits per heavy atom. The summed E-state index contributed by atoms with van der Waals surface area (Å²) in [5.74, 6) is -0.0481. The summed E-state index contributed by atoms with van der Waals surface area (Å²) in [5.41, 5.74) is 1.69. The normalized spacial score (nSPS) is 15.5. The van der Waals surface area contributed by atoms with Crippen molar-refractivity contribution < 1.29 is 18.8 Å². The van der Waals surface area contributed by atoms with Crippen LogP contribution >= 0.6 is 0 Å². The van der Waals surface area contributed by atoms with Crippen molar-refractivity contribution in [1.29, 1.82) is 0 Å². The minimum atomic E-state index is -0.700. The second-order valence-corrected chi connectivity index (χ2v) is 8.45. The third kappa shape index (κ3) is 4.09. The van der Waals surface area contributed by atoms with E-state index in [0.29, 0.717) is 12.4 Å². The summed E-state index contributed by atoms with van der Waals surface area (Å²) in [5, 5.41) is 13.4. The van der Waals surface area contributed by atoms with Gasteiger partial charge in [-0.1, -0.05) is 35.5 Å². The number of nitrogens with one attached hydrogen (secondary N) is 2. The number of hydrogen-bond donors (Lipinski definition) is 2. The zero-order valence-corrected chi connectivity index (χ0v) is 18.5. The van der Waals surface area contributed by atoms with Crippen molar-refractivity contribution >= 4 is 17.8 Å². The molecule has 0 bridgehead atoms. The molecule has 32 heavy (non-hydrogen) atoms. The van der Waals surface area contributed by atoms with Gasteiger partial charge in [0.1, 0.15) is 6.10 Å². The molecule has 168 valence electrons. The van der Waals surface area contributed by atoms with Crippen LogP contribution in [-0.2, 0) is 16.8 Å². The Morgan fingerprint density at radius 3 is 2.69 bits per heavy atom. The Balaban J connectivity index is 1.53. The Hall–Kier alpha value is -3.66. The lowest BCUT2D eigenvalue weighted by atomic mass is 10.0. The van der Waals surface area contributed by atoms with Crippen LogP contribution in [0.25, 0.3) is 0 Å². The van der Waals surface area contributed by atoms with Crippen LogP contribution in [0.2, 0.25) is 0 Å². The van der Waals surface area contributed by atoms with Crippen LogP contribution in [0.15, 0.2) is 47.1 Å². The van der Waals surface area contributed by atoms with Crippen molar-refractivity contribution in [3.63, 3.8) is 0 Å². The first kappa shape index (κ1) is 21.6. The summed E-state index contributed by atoms with van der Waals surface area (Å²) in [6.07, 6.45) is 0.529. The highest BCUT2D eigenvalue weighted by Crippen LogP contribution is 2.41. The Bertz CT molecular complexity index is 1090. The summed E-state index contributed by atoms with van der Waals surface area (Å²) < 4.78 is 10.8. The largest absolute Gasteiger partial charge is 0.440 e. The van der Waals surface area contributed by atoms with E-state index >= 15 is 0 Å². The van der Waals surface area contributed by atoms with Gasteiger partial charge in [0.25, 0.3) is 5.91 Å². The molecule has 0 aliphatic carbocycles. The molecule has 10 nitrogen and oxygen atoms in total. The number of ether oxygens (including phenoxy) is 1. The number of aromatic nitrogens is 3. The lowest BCUT2D eigenvalue weighted by molar-refractivity contribution is 0.0259. The van der Waals surface area contributed by atoms with Gasteiger partial charge in [-0.25, -0.2) is 4.79 Å². The van der Waals surface area contributed by atoms with Gasteiger partial charge in [-0.15, -0.1) is 0 Å². The van der Waals surface area contributed by atoms with Crippen LogP contribution in [0.1, 0.15) is 47.3 Å². The number of rotatable bonds is 6. The summed E-state index contributed by atoms with van der Waals surface area (Å²) in [7, 11) is 3.87. The first-order chi connectivity index (χ1) is 15.3. The molecule has 1 aromatic carbocycles. The van der Waals surface area contributed by atoms with Crippen LogP contribution in [0, 0.1) is 0 Å². The van der Waals surface area contributed by atoms with Gasteiger partial charge in [0.05, 0.1) is 24.0 Å². The molecule has 2 aromatic heterocycles. The number of fused-ring (bicyclic) bond motifs is 1. The van der Waals surface area contributed by atoms with Crippen LogP contribution in [0.3, 0.4) is 0 Å². The molecule has 2 amide bonds. The lowest BCUT2D eigenvalue weighted by Crippen LogP contribution is -2.42. The SMILES string of the molecule is CN(C)C[C@@H](OC(=O)N1Cc2c(NC(=O)c3ccno3)n[nH]c2C1(C)C)c1ccccc1. The highest BCUT2D eigenvalue weighted by molar-refractivity contribution is 6.02. The molecule has 4 rings (SSSR count).